The van der Waals surface area contributed by atoms with Crippen LogP contribution in [0.5, 0.6) is 0 Å². The molecule has 0 aliphatic rings. The van der Waals surface area contributed by atoms with Crippen LogP contribution in [0.3, 0.4) is 0 Å². The van der Waals surface area contributed by atoms with Gasteiger partial charge in [0.2, 0.25) is 0 Å². The molecule has 0 saturated heterocycles. The minimum atomic E-state index is -0.651. The second-order valence-corrected chi connectivity index (χ2v) is 1.43. The van der Waals surface area contributed by atoms with E-state index < -0.39 is 5.82 Å². The fraction of sp³-hybridized carbons (Fsp3) is 0. The van der Waals surface area contributed by atoms with Crippen LogP contribution in [0.25, 0.3) is 0 Å². The summed E-state index contributed by atoms with van der Waals surface area (Å²) in [4.78, 5) is 0. The zero-order valence-electron chi connectivity index (χ0n) is 3.67. The third kappa shape index (κ3) is 0.894. The molecule has 1 rings (SSSR count). The number of rotatable bonds is 0. The van der Waals surface area contributed by atoms with E-state index in [1.807, 2.05) is 0 Å². The van der Waals surface area contributed by atoms with Gasteiger partial charge in [0.15, 0.2) is 11.0 Å². The van der Waals surface area contributed by atoms with Crippen molar-refractivity contribution in [3.05, 3.63) is 17.2 Å². The number of hydrogen-bond acceptors (Lipinski definition) is 3. The van der Waals surface area contributed by atoms with Gasteiger partial charge in [-0.3, -0.25) is 0 Å². The van der Waals surface area contributed by atoms with E-state index in [0.29, 0.717) is 0 Å². The summed E-state index contributed by atoms with van der Waals surface area (Å²) in [7, 11) is 0. The molecule has 0 aromatic carbocycles. The van der Waals surface area contributed by atoms with Crippen molar-refractivity contribution in [2.75, 3.05) is 0 Å². The third-order valence-corrected chi connectivity index (χ3v) is 0.808. The Hall–Kier alpha value is -0.770. The molecule has 0 bridgehead atoms. The molecule has 1 heterocycles. The molecular weight excluding hydrogens is 133 g/mol. The smallest absolute Gasteiger partial charge is 0.190 e. The van der Waals surface area contributed by atoms with Crippen LogP contribution in [0.4, 0.5) is 4.39 Å². The molecule has 0 amide bonds. The number of halogens is 2. The summed E-state index contributed by atoms with van der Waals surface area (Å²) in [6.45, 7) is 0. The Morgan fingerprint density at radius 2 is 2.38 bits per heavy atom. The van der Waals surface area contributed by atoms with Gasteiger partial charge < -0.3 is 0 Å². The summed E-state index contributed by atoms with van der Waals surface area (Å²) in [6, 6.07) is 0. The van der Waals surface area contributed by atoms with Crippen molar-refractivity contribution in [3.63, 3.8) is 0 Å². The van der Waals surface area contributed by atoms with Gasteiger partial charge in [-0.1, -0.05) is 11.6 Å². The Morgan fingerprint density at radius 1 is 1.62 bits per heavy atom. The van der Waals surface area contributed by atoms with E-state index in [-0.39, 0.29) is 5.15 Å². The van der Waals surface area contributed by atoms with Gasteiger partial charge in [-0.05, 0) is 5.21 Å². The highest BCUT2D eigenvalue weighted by atomic mass is 35.5. The van der Waals surface area contributed by atoms with Gasteiger partial charge in [-0.15, -0.1) is 10.2 Å². The van der Waals surface area contributed by atoms with Gasteiger partial charge in [0.25, 0.3) is 0 Å². The molecule has 0 radical (unpaired) electrons. The second kappa shape index (κ2) is 2.00. The number of aromatic nitrogens is 3. The number of hydrogen-bond donors (Lipinski definition) is 0. The highest BCUT2D eigenvalue weighted by Crippen LogP contribution is 2.04. The van der Waals surface area contributed by atoms with Crippen LogP contribution in [-0.2, 0) is 0 Å². The summed E-state index contributed by atoms with van der Waals surface area (Å²) < 4.78 is 12.0. The van der Waals surface area contributed by atoms with Crippen LogP contribution in [0.15, 0.2) is 6.20 Å². The highest BCUT2D eigenvalue weighted by molar-refractivity contribution is 6.29. The SMILES string of the molecule is Fc1cnnnc1Cl. The Kier molecular flexibility index (Phi) is 1.34. The lowest BCUT2D eigenvalue weighted by atomic mass is 10.7. The lowest BCUT2D eigenvalue weighted by molar-refractivity contribution is 0.598. The molecule has 0 aliphatic heterocycles. The monoisotopic (exact) mass is 133 g/mol. The maximum absolute atomic E-state index is 12.0. The molecule has 0 N–H and O–H groups in total. The first-order valence-electron chi connectivity index (χ1n) is 1.80. The first-order valence-corrected chi connectivity index (χ1v) is 2.18. The van der Waals surface area contributed by atoms with Gasteiger partial charge in [0, 0.05) is 0 Å². The molecule has 42 valence electrons. The lowest BCUT2D eigenvalue weighted by Gasteiger charge is -1.83. The Labute approximate surface area is 49.5 Å². The lowest BCUT2D eigenvalue weighted by Crippen LogP contribution is -1.88. The maximum Gasteiger partial charge on any atom is 0.190 e. The molecule has 1 aromatic rings. The van der Waals surface area contributed by atoms with Crippen molar-refractivity contribution < 1.29 is 4.39 Å². The van der Waals surface area contributed by atoms with E-state index >= 15 is 0 Å². The van der Waals surface area contributed by atoms with Crippen LogP contribution in [0, 0.1) is 5.82 Å². The average Bonchev–Trinajstić information content (AvgIpc) is 1.77. The molecule has 0 atom stereocenters. The molecule has 0 spiro atoms. The molecular formula is C3HClFN3. The van der Waals surface area contributed by atoms with Crippen molar-refractivity contribution in [2.24, 2.45) is 0 Å². The molecule has 0 fully saturated rings. The fourth-order valence-electron chi connectivity index (χ4n) is 0.243. The van der Waals surface area contributed by atoms with Crippen LogP contribution < -0.4 is 0 Å². The molecule has 8 heavy (non-hydrogen) atoms. The van der Waals surface area contributed by atoms with Crippen LogP contribution >= 0.6 is 11.6 Å². The first kappa shape index (κ1) is 5.37. The van der Waals surface area contributed by atoms with Gasteiger partial charge in [0.05, 0.1) is 6.20 Å². The average molecular weight is 134 g/mol. The van der Waals surface area contributed by atoms with Crippen molar-refractivity contribution in [1.29, 1.82) is 0 Å². The zero-order chi connectivity index (χ0) is 5.98. The largest absolute Gasteiger partial charge is 0.202 e. The Morgan fingerprint density at radius 3 is 2.75 bits per heavy atom. The predicted octanol–water partition coefficient (Wildman–Crippen LogP) is 0.664. The standard InChI is InChI=1S/C3HClFN3/c4-3-2(5)1-6-8-7-3/h1H. The minimum absolute atomic E-state index is 0.250. The molecule has 5 heteroatoms. The molecule has 1 aromatic heterocycles. The normalized spacial score (nSPS) is 9.25. The summed E-state index contributed by atoms with van der Waals surface area (Å²) in [5.41, 5.74) is 0. The van der Waals surface area contributed by atoms with Gasteiger partial charge in [-0.2, -0.15) is 0 Å². The Bertz CT molecular complexity index is 171. The van der Waals surface area contributed by atoms with Gasteiger partial charge >= 0.3 is 0 Å². The van der Waals surface area contributed by atoms with Crippen molar-refractivity contribution >= 4 is 11.6 Å². The van der Waals surface area contributed by atoms with Gasteiger partial charge in [0.1, 0.15) is 0 Å². The van der Waals surface area contributed by atoms with Crippen molar-refractivity contribution in [1.82, 2.24) is 15.4 Å². The van der Waals surface area contributed by atoms with E-state index in [2.05, 4.69) is 15.4 Å². The van der Waals surface area contributed by atoms with E-state index in [1.165, 1.54) is 0 Å². The third-order valence-electron chi connectivity index (χ3n) is 0.552. The quantitative estimate of drug-likeness (QED) is 0.522. The Balaban J connectivity index is 3.13. The fourth-order valence-corrected chi connectivity index (χ4v) is 0.325. The van der Waals surface area contributed by atoms with Crippen LogP contribution in [0.2, 0.25) is 5.15 Å². The topological polar surface area (TPSA) is 38.7 Å². The van der Waals surface area contributed by atoms with Crippen molar-refractivity contribution in [3.8, 4) is 0 Å². The van der Waals surface area contributed by atoms with E-state index in [0.717, 1.165) is 6.20 Å². The molecule has 0 aliphatic carbocycles. The summed E-state index contributed by atoms with van der Waals surface area (Å²) >= 11 is 5.12. The summed E-state index contributed by atoms with van der Waals surface area (Å²) in [6.07, 6.45) is 0.898. The second-order valence-electron chi connectivity index (χ2n) is 1.07. The van der Waals surface area contributed by atoms with E-state index in [4.69, 9.17) is 11.6 Å². The van der Waals surface area contributed by atoms with E-state index in [9.17, 15) is 4.39 Å². The minimum Gasteiger partial charge on any atom is -0.202 e. The van der Waals surface area contributed by atoms with Crippen molar-refractivity contribution in [2.45, 2.75) is 0 Å². The highest BCUT2D eigenvalue weighted by Gasteiger charge is 1.96. The van der Waals surface area contributed by atoms with Crippen LogP contribution in [0.1, 0.15) is 0 Å². The zero-order valence-corrected chi connectivity index (χ0v) is 4.43. The summed E-state index contributed by atoms with van der Waals surface area (Å²) in [5, 5.41) is 9.06. The first-order chi connectivity index (χ1) is 3.80. The molecule has 0 saturated carbocycles. The predicted molar refractivity (Wildman–Crippen MR) is 24.8 cm³/mol. The van der Waals surface area contributed by atoms with E-state index in [1.54, 1.807) is 0 Å². The maximum atomic E-state index is 12.0. The van der Waals surface area contributed by atoms with Gasteiger partial charge in [-0.25, -0.2) is 4.39 Å². The molecule has 0 unspecified atom stereocenters. The number of nitrogens with zero attached hydrogens (tertiary/aromatic N) is 3. The molecule has 3 nitrogen and oxygen atoms in total. The van der Waals surface area contributed by atoms with Crippen LogP contribution in [-0.4, -0.2) is 15.4 Å². The summed E-state index contributed by atoms with van der Waals surface area (Å²) in [5.74, 6) is -0.651.